The van der Waals surface area contributed by atoms with E-state index in [1.54, 1.807) is 18.2 Å². The Morgan fingerprint density at radius 3 is 2.52 bits per heavy atom. The number of nitrogens with zero attached hydrogens (tertiary/aromatic N) is 2. The quantitative estimate of drug-likeness (QED) is 0.375. The zero-order valence-corrected chi connectivity index (χ0v) is 19.7. The molecule has 7 heteroatoms. The maximum absolute atomic E-state index is 13.0. The number of benzene rings is 2. The number of para-hydroxylation sites is 1. The van der Waals surface area contributed by atoms with Crippen molar-refractivity contribution >= 4 is 35.0 Å². The number of amides is 2. The molecule has 0 saturated carbocycles. The smallest absolute Gasteiger partial charge is 0.339 e. The Kier molecular flexibility index (Phi) is 6.24. The molecule has 0 aliphatic carbocycles. The normalized spacial score (nSPS) is 14.9. The standard InChI is InChI=1S/C26H24N2O4S/c1-16-8-7-9-19(12-16)15-27-24(29)23(33-26(27)31)14-20-13-17(2)28(18(20)3)22-11-6-5-10-21(22)25(30)32-4/h5-14H,15H2,1-4H3/b23-14-. The second-order valence-electron chi connectivity index (χ2n) is 7.93. The first-order valence-electron chi connectivity index (χ1n) is 10.5. The first kappa shape index (κ1) is 22.6. The van der Waals surface area contributed by atoms with Crippen molar-refractivity contribution in [2.45, 2.75) is 27.3 Å². The van der Waals surface area contributed by atoms with E-state index in [0.29, 0.717) is 16.2 Å². The number of aromatic nitrogens is 1. The van der Waals surface area contributed by atoms with Crippen molar-refractivity contribution in [1.82, 2.24) is 9.47 Å². The Morgan fingerprint density at radius 2 is 1.79 bits per heavy atom. The molecule has 1 aliphatic rings. The van der Waals surface area contributed by atoms with Crippen molar-refractivity contribution in [2.75, 3.05) is 7.11 Å². The van der Waals surface area contributed by atoms with Crippen LogP contribution in [0.5, 0.6) is 0 Å². The molecule has 1 fully saturated rings. The molecule has 6 nitrogen and oxygen atoms in total. The summed E-state index contributed by atoms with van der Waals surface area (Å²) in [5.41, 5.74) is 5.71. The molecule has 33 heavy (non-hydrogen) atoms. The maximum atomic E-state index is 13.0. The van der Waals surface area contributed by atoms with E-state index in [1.807, 2.05) is 67.8 Å². The van der Waals surface area contributed by atoms with E-state index in [4.69, 9.17) is 4.74 Å². The van der Waals surface area contributed by atoms with Crippen LogP contribution in [0.3, 0.4) is 0 Å². The van der Waals surface area contributed by atoms with Gasteiger partial charge in [-0.25, -0.2) is 4.79 Å². The summed E-state index contributed by atoms with van der Waals surface area (Å²) in [7, 11) is 1.35. The van der Waals surface area contributed by atoms with Crippen LogP contribution in [0.4, 0.5) is 4.79 Å². The lowest BCUT2D eigenvalue weighted by Gasteiger charge is -2.13. The van der Waals surface area contributed by atoms with Gasteiger partial charge in [0.15, 0.2) is 0 Å². The van der Waals surface area contributed by atoms with E-state index in [1.165, 1.54) is 12.0 Å². The lowest BCUT2D eigenvalue weighted by molar-refractivity contribution is -0.123. The minimum absolute atomic E-state index is 0.245. The fourth-order valence-electron chi connectivity index (χ4n) is 4.03. The number of esters is 1. The van der Waals surface area contributed by atoms with Gasteiger partial charge < -0.3 is 9.30 Å². The van der Waals surface area contributed by atoms with E-state index < -0.39 is 5.97 Å². The van der Waals surface area contributed by atoms with Crippen LogP contribution >= 0.6 is 11.8 Å². The molecule has 4 rings (SSSR count). The number of thioether (sulfide) groups is 1. The summed E-state index contributed by atoms with van der Waals surface area (Å²) in [6.45, 7) is 6.08. The summed E-state index contributed by atoms with van der Waals surface area (Å²) >= 11 is 0.947. The van der Waals surface area contributed by atoms with Crippen LogP contribution in [0.25, 0.3) is 11.8 Å². The van der Waals surface area contributed by atoms with Gasteiger partial charge in [0.25, 0.3) is 11.1 Å². The highest BCUT2D eigenvalue weighted by atomic mass is 32.2. The second-order valence-corrected chi connectivity index (χ2v) is 8.92. The minimum atomic E-state index is -0.420. The number of hydrogen-bond acceptors (Lipinski definition) is 5. The molecule has 1 saturated heterocycles. The van der Waals surface area contributed by atoms with Crippen LogP contribution in [0.1, 0.15) is 38.4 Å². The molecule has 0 spiro atoms. The molecule has 2 aromatic carbocycles. The van der Waals surface area contributed by atoms with Gasteiger partial charge in [-0.1, -0.05) is 42.0 Å². The molecule has 0 N–H and O–H groups in total. The number of carbonyl (C=O) groups excluding carboxylic acids is 3. The fourth-order valence-corrected chi connectivity index (χ4v) is 4.86. The average Bonchev–Trinajstić information content (AvgIpc) is 3.22. The van der Waals surface area contributed by atoms with Crippen molar-refractivity contribution < 1.29 is 19.1 Å². The largest absolute Gasteiger partial charge is 0.465 e. The molecule has 2 heterocycles. The van der Waals surface area contributed by atoms with Gasteiger partial charge in [0, 0.05) is 11.4 Å². The molecule has 2 amide bonds. The molecule has 3 aromatic rings. The molecular formula is C26H24N2O4S. The first-order chi connectivity index (χ1) is 15.8. The van der Waals surface area contributed by atoms with Crippen molar-refractivity contribution in [1.29, 1.82) is 0 Å². The van der Waals surface area contributed by atoms with Gasteiger partial charge in [-0.05, 0) is 67.9 Å². The third-order valence-electron chi connectivity index (χ3n) is 5.60. The van der Waals surface area contributed by atoms with Crippen LogP contribution < -0.4 is 0 Å². The number of aryl methyl sites for hydroxylation is 2. The van der Waals surface area contributed by atoms with Gasteiger partial charge in [0.1, 0.15) is 0 Å². The Labute approximate surface area is 196 Å². The SMILES string of the molecule is COC(=O)c1ccccc1-n1c(C)cc(/C=C2\SC(=O)N(Cc3cccc(C)c3)C2=O)c1C. The Morgan fingerprint density at radius 1 is 1.03 bits per heavy atom. The van der Waals surface area contributed by atoms with E-state index >= 15 is 0 Å². The summed E-state index contributed by atoms with van der Waals surface area (Å²) in [5, 5.41) is -0.280. The van der Waals surface area contributed by atoms with E-state index in [-0.39, 0.29) is 17.7 Å². The Hall–Kier alpha value is -3.58. The number of rotatable bonds is 5. The number of methoxy groups -OCH3 is 1. The van der Waals surface area contributed by atoms with E-state index in [9.17, 15) is 14.4 Å². The monoisotopic (exact) mass is 460 g/mol. The highest BCUT2D eigenvalue weighted by molar-refractivity contribution is 8.18. The van der Waals surface area contributed by atoms with Crippen molar-refractivity contribution in [3.8, 4) is 5.69 Å². The predicted octanol–water partition coefficient (Wildman–Crippen LogP) is 5.43. The summed E-state index contributed by atoms with van der Waals surface area (Å²) in [5.74, 6) is -0.719. The third kappa shape index (κ3) is 4.36. The van der Waals surface area contributed by atoms with Gasteiger partial charge in [-0.2, -0.15) is 0 Å². The summed E-state index contributed by atoms with van der Waals surface area (Å²) in [6, 6.07) is 16.9. The van der Waals surface area contributed by atoms with Crippen LogP contribution in [0, 0.1) is 20.8 Å². The molecule has 0 unspecified atom stereocenters. The number of carbonyl (C=O) groups is 3. The zero-order chi connectivity index (χ0) is 23.7. The zero-order valence-electron chi connectivity index (χ0n) is 18.9. The van der Waals surface area contributed by atoms with Gasteiger partial charge in [-0.15, -0.1) is 0 Å². The summed E-state index contributed by atoms with van der Waals surface area (Å²) in [6.07, 6.45) is 1.75. The van der Waals surface area contributed by atoms with Gasteiger partial charge in [0.05, 0.1) is 29.8 Å². The van der Waals surface area contributed by atoms with Crippen LogP contribution in [0.15, 0.2) is 59.5 Å². The number of hydrogen-bond donors (Lipinski definition) is 0. The average molecular weight is 461 g/mol. The second kappa shape index (κ2) is 9.11. The van der Waals surface area contributed by atoms with E-state index in [2.05, 4.69) is 0 Å². The predicted molar refractivity (Wildman–Crippen MR) is 129 cm³/mol. The summed E-state index contributed by atoms with van der Waals surface area (Å²) < 4.78 is 6.88. The third-order valence-corrected chi connectivity index (χ3v) is 6.51. The lowest BCUT2D eigenvalue weighted by Crippen LogP contribution is -2.27. The van der Waals surface area contributed by atoms with Gasteiger partial charge in [0.2, 0.25) is 0 Å². The molecular weight excluding hydrogens is 436 g/mol. The van der Waals surface area contributed by atoms with Crippen LogP contribution in [0.2, 0.25) is 0 Å². The molecule has 0 radical (unpaired) electrons. The fraction of sp³-hybridized carbons (Fsp3) is 0.192. The van der Waals surface area contributed by atoms with E-state index in [0.717, 1.165) is 39.8 Å². The maximum Gasteiger partial charge on any atom is 0.339 e. The molecule has 1 aromatic heterocycles. The van der Waals surface area contributed by atoms with Gasteiger partial charge >= 0.3 is 5.97 Å². The van der Waals surface area contributed by atoms with Crippen molar-refractivity contribution in [3.63, 3.8) is 0 Å². The molecule has 0 bridgehead atoms. The molecule has 168 valence electrons. The topological polar surface area (TPSA) is 68.6 Å². The van der Waals surface area contributed by atoms with Gasteiger partial charge in [-0.3, -0.25) is 14.5 Å². The molecule has 0 atom stereocenters. The summed E-state index contributed by atoms with van der Waals surface area (Å²) in [4.78, 5) is 39.5. The Bertz CT molecular complexity index is 1310. The Balaban J connectivity index is 1.67. The lowest BCUT2D eigenvalue weighted by atomic mass is 10.1. The molecule has 1 aliphatic heterocycles. The number of ether oxygens (including phenoxy) is 1. The van der Waals surface area contributed by atoms with Crippen LogP contribution in [-0.2, 0) is 16.1 Å². The van der Waals surface area contributed by atoms with Crippen molar-refractivity contribution in [3.05, 3.63) is 93.1 Å². The minimum Gasteiger partial charge on any atom is -0.465 e. The first-order valence-corrected chi connectivity index (χ1v) is 11.3. The number of imide groups is 1. The van der Waals surface area contributed by atoms with Crippen LogP contribution in [-0.4, -0.2) is 33.7 Å². The van der Waals surface area contributed by atoms with Crippen molar-refractivity contribution in [2.24, 2.45) is 0 Å². The highest BCUT2D eigenvalue weighted by Crippen LogP contribution is 2.35. The highest BCUT2D eigenvalue weighted by Gasteiger charge is 2.35.